The summed E-state index contributed by atoms with van der Waals surface area (Å²) in [6.07, 6.45) is -0.0805. The van der Waals surface area contributed by atoms with E-state index in [-0.39, 0.29) is 24.5 Å². The maximum atomic E-state index is 15.2. The number of esters is 3. The Balaban J connectivity index is 1.47. The van der Waals surface area contributed by atoms with Crippen LogP contribution < -0.4 is 0 Å². The Hall–Kier alpha value is -4.12. The van der Waals surface area contributed by atoms with Crippen molar-refractivity contribution >= 4 is 23.7 Å². The molecule has 0 aliphatic heterocycles. The molecule has 266 valence electrons. The number of fused-ring (bicyclic) bond motifs is 3. The van der Waals surface area contributed by atoms with E-state index in [1.54, 1.807) is 94.4 Å². The van der Waals surface area contributed by atoms with Gasteiger partial charge in [-0.15, -0.1) is 0 Å². The van der Waals surface area contributed by atoms with Crippen LogP contribution in [0.25, 0.3) is 0 Å². The summed E-state index contributed by atoms with van der Waals surface area (Å²) in [5, 5.41) is 35.5. The third-order valence-electron chi connectivity index (χ3n) is 12.2. The fourth-order valence-electron chi connectivity index (χ4n) is 9.08. The van der Waals surface area contributed by atoms with Crippen molar-refractivity contribution in [3.05, 3.63) is 95.1 Å². The van der Waals surface area contributed by atoms with Crippen molar-refractivity contribution in [3.8, 4) is 0 Å². The zero-order valence-corrected chi connectivity index (χ0v) is 29.3. The maximum absolute atomic E-state index is 15.2. The highest BCUT2D eigenvalue weighted by atomic mass is 16.6. The predicted molar refractivity (Wildman–Crippen MR) is 181 cm³/mol. The molecule has 2 aromatic carbocycles. The minimum atomic E-state index is -2.39. The molecule has 2 aromatic rings. The molecule has 10 nitrogen and oxygen atoms in total. The van der Waals surface area contributed by atoms with E-state index >= 15 is 4.79 Å². The van der Waals surface area contributed by atoms with Crippen LogP contribution in [0.4, 0.5) is 0 Å². The van der Waals surface area contributed by atoms with E-state index < -0.39 is 88.2 Å². The summed E-state index contributed by atoms with van der Waals surface area (Å²) in [4.78, 5) is 55.6. The molecule has 4 aliphatic carbocycles. The van der Waals surface area contributed by atoms with Crippen molar-refractivity contribution in [1.82, 2.24) is 0 Å². The molecule has 50 heavy (non-hydrogen) atoms. The van der Waals surface area contributed by atoms with E-state index in [1.807, 2.05) is 13.8 Å². The van der Waals surface area contributed by atoms with Gasteiger partial charge in [0.15, 0.2) is 17.5 Å². The van der Waals surface area contributed by atoms with Crippen molar-refractivity contribution in [1.29, 1.82) is 0 Å². The second kappa shape index (κ2) is 12.6. The number of carbonyl (C=O) groups excluding carboxylic acids is 4. The first-order valence-electron chi connectivity index (χ1n) is 17.3. The average molecular weight is 687 g/mol. The van der Waals surface area contributed by atoms with Gasteiger partial charge in [0.2, 0.25) is 0 Å². The molecular weight excluding hydrogens is 640 g/mol. The van der Waals surface area contributed by atoms with Crippen molar-refractivity contribution in [2.75, 3.05) is 13.2 Å². The zero-order chi connectivity index (χ0) is 36.4. The lowest BCUT2D eigenvalue weighted by molar-refractivity contribution is -0.206. The van der Waals surface area contributed by atoms with E-state index in [0.717, 1.165) is 0 Å². The molecule has 0 radical (unpaired) electrons. The van der Waals surface area contributed by atoms with Gasteiger partial charge in [0.1, 0.15) is 18.3 Å². The summed E-state index contributed by atoms with van der Waals surface area (Å²) in [6, 6.07) is 16.9. The molecule has 2 bridgehead atoms. The molecule has 6 rings (SSSR count). The number of hydrogen-bond donors (Lipinski definition) is 3. The summed E-state index contributed by atoms with van der Waals surface area (Å²) < 4.78 is 18.3. The van der Waals surface area contributed by atoms with Crippen molar-refractivity contribution in [2.24, 2.45) is 40.4 Å². The Morgan fingerprint density at radius 2 is 1.54 bits per heavy atom. The largest absolute Gasteiger partial charge is 0.461 e. The van der Waals surface area contributed by atoms with Gasteiger partial charge in [0.05, 0.1) is 29.1 Å². The number of ether oxygens (including phenoxy) is 3. The van der Waals surface area contributed by atoms with Crippen LogP contribution in [0, 0.1) is 40.4 Å². The third kappa shape index (κ3) is 5.01. The molecular formula is C40H46O10. The van der Waals surface area contributed by atoms with Crippen molar-refractivity contribution in [3.63, 3.8) is 0 Å². The summed E-state index contributed by atoms with van der Waals surface area (Å²) in [7, 11) is 0. The van der Waals surface area contributed by atoms with E-state index in [2.05, 4.69) is 0 Å². The van der Waals surface area contributed by atoms with Gasteiger partial charge in [0, 0.05) is 17.3 Å². The molecule has 10 atom stereocenters. The third-order valence-corrected chi connectivity index (χ3v) is 12.2. The molecule has 3 N–H and O–H groups in total. The van der Waals surface area contributed by atoms with Crippen LogP contribution >= 0.6 is 0 Å². The van der Waals surface area contributed by atoms with Crippen LogP contribution in [0.2, 0.25) is 0 Å². The second-order valence-corrected chi connectivity index (χ2v) is 15.2. The van der Waals surface area contributed by atoms with Crippen LogP contribution in [-0.4, -0.2) is 75.6 Å². The van der Waals surface area contributed by atoms with E-state index in [0.29, 0.717) is 16.7 Å². The summed E-state index contributed by atoms with van der Waals surface area (Å²) in [6.45, 7) is 9.74. The SMILES string of the molecule is CC1=C[C@]23C(=O)[C@@H](C=C(CO)[C@@H](O)[C@]2(O)[C@H]1OC(=O)C(C)C(C)C)[C@@H]1C(C)(COC(=O)c2ccccc2)[C@]1(OC(=O)c1ccccc1)C[C@H]3C. The lowest BCUT2D eigenvalue weighted by Crippen LogP contribution is -2.66. The number of allylic oxidation sites excluding steroid dienone is 1. The minimum absolute atomic E-state index is 0.0262. The van der Waals surface area contributed by atoms with Crippen LogP contribution in [-0.2, 0) is 23.8 Å². The molecule has 10 heteroatoms. The number of hydrogen-bond acceptors (Lipinski definition) is 10. The summed E-state index contributed by atoms with van der Waals surface area (Å²) >= 11 is 0. The number of carbonyl (C=O) groups is 4. The van der Waals surface area contributed by atoms with Crippen LogP contribution in [0.1, 0.15) is 68.7 Å². The smallest absolute Gasteiger partial charge is 0.338 e. The van der Waals surface area contributed by atoms with Gasteiger partial charge in [-0.1, -0.05) is 83.2 Å². The van der Waals surface area contributed by atoms with Gasteiger partial charge in [-0.25, -0.2) is 9.59 Å². The molecule has 0 amide bonds. The van der Waals surface area contributed by atoms with E-state index in [1.165, 1.54) is 6.08 Å². The predicted octanol–water partition coefficient (Wildman–Crippen LogP) is 4.47. The number of ketones is 1. The molecule has 0 saturated heterocycles. The van der Waals surface area contributed by atoms with Crippen molar-refractivity contribution < 1.29 is 48.7 Å². The standard InChI is InChI=1S/C40H46O10/c1-22(2)25(5)34(44)49-33-23(3)18-38-24(4)19-39(50-36(46)27-15-11-8-12-16-27)30(29(32(38)43)17-28(20-41)31(42)40(33,38)47)37(39,6)21-48-35(45)26-13-9-7-10-14-26/h7-18,22,24-25,29-31,33,41-42,47H,19-21H2,1-6H3/t24-,25?,29+,30-,31-,33+,37?,38+,39+,40+/m1/s1. The molecule has 0 heterocycles. The monoisotopic (exact) mass is 686 g/mol. The lowest BCUT2D eigenvalue weighted by atomic mass is 9.58. The molecule has 2 unspecified atom stereocenters. The Bertz CT molecular complexity index is 1750. The van der Waals surface area contributed by atoms with E-state index in [9.17, 15) is 29.7 Å². The Morgan fingerprint density at radius 1 is 0.960 bits per heavy atom. The number of aliphatic hydroxyl groups is 3. The number of Topliss-reactive ketones (excluding diaryl/α,β-unsaturated/α-hetero) is 1. The van der Waals surface area contributed by atoms with Crippen LogP contribution in [0.15, 0.2) is 84.0 Å². The summed E-state index contributed by atoms with van der Waals surface area (Å²) in [5.74, 6) is -5.56. The highest BCUT2D eigenvalue weighted by Crippen LogP contribution is 2.75. The van der Waals surface area contributed by atoms with Crippen LogP contribution in [0.3, 0.4) is 0 Å². The molecule has 4 aliphatic rings. The Kier molecular flexibility index (Phi) is 8.98. The Morgan fingerprint density at radius 3 is 2.10 bits per heavy atom. The van der Waals surface area contributed by atoms with Gasteiger partial charge in [-0.05, 0) is 60.6 Å². The first-order chi connectivity index (χ1) is 23.6. The number of benzene rings is 2. The Labute approximate surface area is 292 Å². The van der Waals surface area contributed by atoms with Gasteiger partial charge in [-0.3, -0.25) is 9.59 Å². The fourth-order valence-corrected chi connectivity index (χ4v) is 9.08. The first kappa shape index (κ1) is 35.7. The maximum Gasteiger partial charge on any atom is 0.338 e. The fraction of sp³-hybridized carbons (Fsp3) is 0.500. The number of rotatable bonds is 9. The molecule has 0 aromatic heterocycles. The minimum Gasteiger partial charge on any atom is -0.461 e. The lowest BCUT2D eigenvalue weighted by Gasteiger charge is -2.49. The van der Waals surface area contributed by atoms with Gasteiger partial charge < -0.3 is 29.5 Å². The average Bonchev–Trinajstić information content (AvgIpc) is 3.55. The zero-order valence-electron chi connectivity index (χ0n) is 29.3. The first-order valence-corrected chi connectivity index (χ1v) is 17.3. The molecule has 1 spiro atoms. The topological polar surface area (TPSA) is 157 Å². The second-order valence-electron chi connectivity index (χ2n) is 15.2. The molecule has 2 fully saturated rings. The van der Waals surface area contributed by atoms with Crippen molar-refractivity contribution in [2.45, 2.75) is 71.4 Å². The van der Waals surface area contributed by atoms with Gasteiger partial charge in [0.25, 0.3) is 0 Å². The number of aliphatic hydroxyl groups excluding tert-OH is 2. The molecule has 2 saturated carbocycles. The van der Waals surface area contributed by atoms with Gasteiger partial charge in [-0.2, -0.15) is 0 Å². The summed E-state index contributed by atoms with van der Waals surface area (Å²) in [5.41, 5.74) is -5.66. The van der Waals surface area contributed by atoms with Crippen LogP contribution in [0.5, 0.6) is 0 Å². The normalized spacial score (nSPS) is 36.1. The highest BCUT2D eigenvalue weighted by molar-refractivity contribution is 5.97. The van der Waals surface area contributed by atoms with Gasteiger partial charge >= 0.3 is 17.9 Å². The van der Waals surface area contributed by atoms with E-state index in [4.69, 9.17) is 14.2 Å². The highest BCUT2D eigenvalue weighted by Gasteiger charge is 2.85. The quantitative estimate of drug-likeness (QED) is 0.195.